The Morgan fingerprint density at radius 3 is 1.53 bits per heavy atom. The number of carbonyl (C=O) groups is 1. The molecular weight excluding hydrogens is 368 g/mol. The first kappa shape index (κ1) is 29.4. The van der Waals surface area contributed by atoms with Gasteiger partial charge in [-0.15, -0.1) is 0 Å². The Bertz CT molecular complexity index is 379. The molecule has 0 bridgehead atoms. The van der Waals surface area contributed by atoms with Crippen molar-refractivity contribution in [3.63, 3.8) is 0 Å². The van der Waals surface area contributed by atoms with Gasteiger partial charge < -0.3 is 0 Å². The van der Waals surface area contributed by atoms with Crippen molar-refractivity contribution in [1.29, 1.82) is 0 Å². The molecule has 30 heavy (non-hydrogen) atoms. The highest BCUT2D eigenvalue weighted by Gasteiger charge is 2.41. The van der Waals surface area contributed by atoms with E-state index < -0.39 is 0 Å². The topological polar surface area (TPSA) is 41.1 Å². The number of hydrazine groups is 1. The summed E-state index contributed by atoms with van der Waals surface area (Å²) in [5.74, 6) is 0.700. The Kier molecular flexibility index (Phi) is 20.0. The van der Waals surface area contributed by atoms with Crippen molar-refractivity contribution in [3.05, 3.63) is 0 Å². The zero-order valence-corrected chi connectivity index (χ0v) is 21.4. The largest absolute Gasteiger partial charge is 0.291 e. The molecule has 0 fully saturated rings. The van der Waals surface area contributed by atoms with Gasteiger partial charge in [-0.3, -0.25) is 10.2 Å². The minimum absolute atomic E-state index is 0.211. The van der Waals surface area contributed by atoms with Crippen LogP contribution in [0.1, 0.15) is 150 Å². The van der Waals surface area contributed by atoms with Crippen LogP contribution in [0.15, 0.2) is 0 Å². The number of amides is 1. The minimum atomic E-state index is -0.216. The van der Waals surface area contributed by atoms with Crippen LogP contribution in [-0.4, -0.2) is 12.5 Å². The Morgan fingerprint density at radius 1 is 0.667 bits per heavy atom. The fourth-order valence-electron chi connectivity index (χ4n) is 5.01. The fraction of sp³-hybridized carbons (Fsp3) is 0.963. The molecule has 1 unspecified atom stereocenters. The smallest absolute Gasteiger partial charge is 0.240 e. The molecule has 0 saturated heterocycles. The van der Waals surface area contributed by atoms with E-state index in [4.69, 9.17) is 0 Å². The van der Waals surface area contributed by atoms with Crippen molar-refractivity contribution in [2.24, 2.45) is 11.3 Å². The number of carbonyl (C=O) groups excluding carboxylic acids is 1. The second kappa shape index (κ2) is 20.3. The van der Waals surface area contributed by atoms with Crippen LogP contribution in [0.25, 0.3) is 0 Å². The lowest BCUT2D eigenvalue weighted by molar-refractivity contribution is -0.136. The van der Waals surface area contributed by atoms with E-state index in [1.54, 1.807) is 0 Å². The quantitative estimate of drug-likeness (QED) is 0.135. The summed E-state index contributed by atoms with van der Waals surface area (Å²) in [7, 11) is 0. The molecule has 0 saturated carbocycles. The number of rotatable bonds is 22. The van der Waals surface area contributed by atoms with Crippen LogP contribution in [0.5, 0.6) is 0 Å². The highest BCUT2D eigenvalue weighted by atomic mass is 16.2. The lowest BCUT2D eigenvalue weighted by Gasteiger charge is -2.38. The Hall–Kier alpha value is -0.570. The van der Waals surface area contributed by atoms with Gasteiger partial charge in [0.05, 0.1) is 5.41 Å². The number of hydrogen-bond donors (Lipinski definition) is 2. The summed E-state index contributed by atoms with van der Waals surface area (Å²) in [5, 5.41) is 0. The average Bonchev–Trinajstić information content (AvgIpc) is 2.76. The standard InChI is InChI=1S/C27H56N2O/c1-6-11-12-13-14-15-16-17-18-19-20-21-22-23-25(8-3)27(9-4,10-5)26(30)29-28-24-7-2/h25,28H,6-24H2,1-5H3,(H,29,30). The van der Waals surface area contributed by atoms with Gasteiger partial charge in [0.25, 0.3) is 0 Å². The number of nitrogens with one attached hydrogen (secondary N) is 2. The Labute approximate surface area is 189 Å². The molecule has 0 radical (unpaired) electrons. The maximum absolute atomic E-state index is 13.0. The van der Waals surface area contributed by atoms with E-state index in [0.29, 0.717) is 5.92 Å². The predicted octanol–water partition coefficient (Wildman–Crippen LogP) is 8.33. The first-order valence-corrected chi connectivity index (χ1v) is 13.7. The molecule has 0 aromatic rings. The van der Waals surface area contributed by atoms with E-state index in [1.807, 2.05) is 0 Å². The Morgan fingerprint density at radius 2 is 1.13 bits per heavy atom. The van der Waals surface area contributed by atoms with Crippen molar-refractivity contribution >= 4 is 5.91 Å². The highest BCUT2D eigenvalue weighted by Crippen LogP contribution is 2.40. The molecule has 0 spiro atoms. The van der Waals surface area contributed by atoms with E-state index in [-0.39, 0.29) is 11.3 Å². The first-order valence-electron chi connectivity index (χ1n) is 13.7. The second-order valence-electron chi connectivity index (χ2n) is 9.38. The molecule has 1 atom stereocenters. The van der Waals surface area contributed by atoms with Gasteiger partial charge in [-0.05, 0) is 31.6 Å². The second-order valence-corrected chi connectivity index (χ2v) is 9.38. The highest BCUT2D eigenvalue weighted by molar-refractivity contribution is 5.82. The summed E-state index contributed by atoms with van der Waals surface area (Å²) in [6.45, 7) is 11.9. The van der Waals surface area contributed by atoms with E-state index in [2.05, 4.69) is 45.5 Å². The van der Waals surface area contributed by atoms with Gasteiger partial charge in [-0.25, -0.2) is 5.43 Å². The molecule has 180 valence electrons. The molecule has 0 aliphatic heterocycles. The normalized spacial score (nSPS) is 12.8. The number of hydrogen-bond acceptors (Lipinski definition) is 2. The van der Waals surface area contributed by atoms with Crippen LogP contribution >= 0.6 is 0 Å². The van der Waals surface area contributed by atoms with Crippen molar-refractivity contribution in [3.8, 4) is 0 Å². The van der Waals surface area contributed by atoms with Crippen molar-refractivity contribution in [1.82, 2.24) is 10.9 Å². The molecule has 0 aromatic carbocycles. The van der Waals surface area contributed by atoms with E-state index in [9.17, 15) is 4.79 Å². The third kappa shape index (κ3) is 12.3. The van der Waals surface area contributed by atoms with Crippen LogP contribution < -0.4 is 10.9 Å². The van der Waals surface area contributed by atoms with Crippen LogP contribution in [0, 0.1) is 11.3 Å². The molecule has 0 aromatic heterocycles. The van der Waals surface area contributed by atoms with E-state index in [1.165, 1.54) is 89.9 Å². The van der Waals surface area contributed by atoms with Gasteiger partial charge >= 0.3 is 0 Å². The van der Waals surface area contributed by atoms with Crippen LogP contribution in [0.3, 0.4) is 0 Å². The van der Waals surface area contributed by atoms with Crippen molar-refractivity contribution < 1.29 is 4.79 Å². The van der Waals surface area contributed by atoms with E-state index in [0.717, 1.165) is 32.2 Å². The van der Waals surface area contributed by atoms with Gasteiger partial charge in [0.2, 0.25) is 5.91 Å². The maximum atomic E-state index is 13.0. The summed E-state index contributed by atoms with van der Waals surface area (Å²) in [6.07, 6.45) is 23.3. The summed E-state index contributed by atoms with van der Waals surface area (Å²) in [6, 6.07) is 0. The van der Waals surface area contributed by atoms with Crippen LogP contribution in [-0.2, 0) is 4.79 Å². The lowest BCUT2D eigenvalue weighted by Crippen LogP contribution is -2.50. The van der Waals surface area contributed by atoms with Crippen molar-refractivity contribution in [2.45, 2.75) is 150 Å². The summed E-state index contributed by atoms with van der Waals surface area (Å²) < 4.78 is 0. The Balaban J connectivity index is 4.02. The number of unbranched alkanes of at least 4 members (excludes halogenated alkanes) is 12. The third-order valence-electron chi connectivity index (χ3n) is 7.22. The SMILES string of the molecule is CCCCCCCCCCCCCCCC(CC)C(CC)(CC)C(=O)NNCCC. The molecule has 2 N–H and O–H groups in total. The minimum Gasteiger partial charge on any atom is -0.291 e. The molecule has 3 heteroatoms. The molecule has 0 rings (SSSR count). The fourth-order valence-corrected chi connectivity index (χ4v) is 5.01. The van der Waals surface area contributed by atoms with Crippen LogP contribution in [0.4, 0.5) is 0 Å². The summed E-state index contributed by atoms with van der Waals surface area (Å²) in [5.41, 5.74) is 5.89. The third-order valence-corrected chi connectivity index (χ3v) is 7.22. The van der Waals surface area contributed by atoms with Gasteiger partial charge in [0.15, 0.2) is 0 Å². The maximum Gasteiger partial charge on any atom is 0.240 e. The molecule has 0 aliphatic rings. The van der Waals surface area contributed by atoms with Gasteiger partial charge in [0.1, 0.15) is 0 Å². The van der Waals surface area contributed by atoms with Crippen molar-refractivity contribution in [2.75, 3.05) is 6.54 Å². The zero-order chi connectivity index (χ0) is 22.5. The molecule has 0 aliphatic carbocycles. The zero-order valence-electron chi connectivity index (χ0n) is 21.4. The van der Waals surface area contributed by atoms with Gasteiger partial charge in [-0.2, -0.15) is 0 Å². The van der Waals surface area contributed by atoms with Gasteiger partial charge in [-0.1, -0.05) is 125 Å². The monoisotopic (exact) mass is 424 g/mol. The van der Waals surface area contributed by atoms with Gasteiger partial charge in [0, 0.05) is 6.54 Å². The molecule has 1 amide bonds. The summed E-state index contributed by atoms with van der Waals surface area (Å²) >= 11 is 0. The van der Waals surface area contributed by atoms with Crippen LogP contribution in [0.2, 0.25) is 0 Å². The molecular formula is C27H56N2O. The molecule has 0 heterocycles. The summed E-state index contributed by atoms with van der Waals surface area (Å²) in [4.78, 5) is 13.0. The lowest BCUT2D eigenvalue weighted by atomic mass is 9.67. The predicted molar refractivity (Wildman–Crippen MR) is 134 cm³/mol. The average molecular weight is 425 g/mol. The van der Waals surface area contributed by atoms with E-state index >= 15 is 0 Å². The molecule has 3 nitrogen and oxygen atoms in total. The first-order chi connectivity index (χ1) is 14.6.